The Balaban J connectivity index is 1.59. The van der Waals surface area contributed by atoms with Crippen LogP contribution >= 0.6 is 11.8 Å². The van der Waals surface area contributed by atoms with Gasteiger partial charge >= 0.3 is 0 Å². The predicted octanol–water partition coefficient (Wildman–Crippen LogP) is 4.19. The summed E-state index contributed by atoms with van der Waals surface area (Å²) in [5, 5.41) is 0.930. The summed E-state index contributed by atoms with van der Waals surface area (Å²) >= 11 is 1.65. The third-order valence-electron chi connectivity index (χ3n) is 4.07. The number of fused-ring (bicyclic) bond motifs is 1. The van der Waals surface area contributed by atoms with E-state index in [0.717, 1.165) is 50.4 Å². The van der Waals surface area contributed by atoms with E-state index in [0.29, 0.717) is 6.61 Å². The van der Waals surface area contributed by atoms with Crippen LogP contribution < -0.4 is 10.5 Å². The van der Waals surface area contributed by atoms with E-state index in [9.17, 15) is 0 Å². The number of aromatic nitrogens is 2. The molecule has 0 unspecified atom stereocenters. The zero-order valence-electron chi connectivity index (χ0n) is 14.4. The molecule has 0 bridgehead atoms. The van der Waals surface area contributed by atoms with Gasteiger partial charge in [-0.05, 0) is 25.1 Å². The highest BCUT2D eigenvalue weighted by atomic mass is 32.2. The van der Waals surface area contributed by atoms with E-state index in [1.165, 1.54) is 0 Å². The van der Waals surface area contributed by atoms with Gasteiger partial charge in [-0.2, -0.15) is 0 Å². The maximum absolute atomic E-state index is 6.03. The summed E-state index contributed by atoms with van der Waals surface area (Å²) in [6, 6.07) is 16.0. The quantitative estimate of drug-likeness (QED) is 0.425. The van der Waals surface area contributed by atoms with Crippen LogP contribution in [0.5, 0.6) is 5.75 Å². The van der Waals surface area contributed by atoms with Crippen LogP contribution in [0.15, 0.2) is 53.6 Å². The van der Waals surface area contributed by atoms with E-state index >= 15 is 0 Å². The van der Waals surface area contributed by atoms with Crippen molar-refractivity contribution >= 4 is 17.4 Å². The first-order valence-corrected chi connectivity index (χ1v) is 9.33. The van der Waals surface area contributed by atoms with Gasteiger partial charge in [0.05, 0.1) is 12.3 Å². The van der Waals surface area contributed by atoms with Crippen molar-refractivity contribution in [3.63, 3.8) is 0 Å². The topological polar surface area (TPSA) is 70.3 Å². The highest BCUT2D eigenvalue weighted by Gasteiger charge is 2.16. The Morgan fingerprint density at radius 1 is 1.12 bits per heavy atom. The van der Waals surface area contributed by atoms with Gasteiger partial charge in [0.25, 0.3) is 0 Å². The molecule has 0 amide bonds. The molecule has 0 saturated heterocycles. The first-order chi connectivity index (χ1) is 12.7. The smallest absolute Gasteiger partial charge is 0.189 e. The van der Waals surface area contributed by atoms with Crippen LogP contribution in [0.2, 0.25) is 0 Å². The minimum atomic E-state index is 0.277. The molecule has 5 nitrogen and oxygen atoms in total. The standard InChI is InChI=1S/C20H19N3O2S/c1-13-22-18(14-5-3-2-4-6-14)9-19(23-13)26-11-16-8-17(21)7-15-10-24-12-25-20(15)16/h2-9H,10-12,21H2,1H3. The molecule has 0 atom stereocenters. The number of anilines is 1. The number of rotatable bonds is 4. The molecule has 1 aromatic heterocycles. The zero-order valence-corrected chi connectivity index (χ0v) is 15.3. The number of hydrogen-bond acceptors (Lipinski definition) is 6. The predicted molar refractivity (Wildman–Crippen MR) is 103 cm³/mol. The number of nitrogens with two attached hydrogens (primary N) is 1. The molecule has 0 aliphatic carbocycles. The molecule has 2 N–H and O–H groups in total. The molecule has 1 aliphatic heterocycles. The molecule has 2 aromatic carbocycles. The van der Waals surface area contributed by atoms with E-state index in [1.54, 1.807) is 11.8 Å². The average Bonchev–Trinajstić information content (AvgIpc) is 2.66. The number of benzene rings is 2. The molecule has 0 spiro atoms. The van der Waals surface area contributed by atoms with E-state index in [4.69, 9.17) is 15.2 Å². The number of thioether (sulfide) groups is 1. The van der Waals surface area contributed by atoms with Gasteiger partial charge < -0.3 is 15.2 Å². The van der Waals surface area contributed by atoms with Crippen LogP contribution in [0.4, 0.5) is 5.69 Å². The number of nitrogens with zero attached hydrogens (tertiary/aromatic N) is 2. The van der Waals surface area contributed by atoms with Crippen molar-refractivity contribution < 1.29 is 9.47 Å². The lowest BCUT2D eigenvalue weighted by atomic mass is 10.1. The Kier molecular flexibility index (Phi) is 4.77. The average molecular weight is 365 g/mol. The summed E-state index contributed by atoms with van der Waals surface area (Å²) in [7, 11) is 0. The molecule has 3 aromatic rings. The number of ether oxygens (including phenoxy) is 2. The van der Waals surface area contributed by atoms with E-state index in [1.807, 2.05) is 43.3 Å². The van der Waals surface area contributed by atoms with Crippen LogP contribution in [-0.2, 0) is 17.1 Å². The normalized spacial score (nSPS) is 13.1. The largest absolute Gasteiger partial charge is 0.467 e. The third kappa shape index (κ3) is 3.66. The fourth-order valence-corrected chi connectivity index (χ4v) is 3.87. The number of aryl methyl sites for hydroxylation is 1. The highest BCUT2D eigenvalue weighted by molar-refractivity contribution is 7.98. The Labute approximate surface area is 156 Å². The second-order valence-electron chi connectivity index (χ2n) is 6.07. The SMILES string of the molecule is Cc1nc(SCc2cc(N)cc3c2OCOC3)cc(-c2ccccc2)n1. The van der Waals surface area contributed by atoms with Crippen molar-refractivity contribution in [1.82, 2.24) is 9.97 Å². The molecule has 26 heavy (non-hydrogen) atoms. The summed E-state index contributed by atoms with van der Waals surface area (Å²) in [4.78, 5) is 9.12. The number of nitrogen functional groups attached to an aromatic ring is 1. The summed E-state index contributed by atoms with van der Waals surface area (Å²) in [6.07, 6.45) is 0. The second kappa shape index (κ2) is 7.35. The maximum atomic E-state index is 6.03. The molecule has 2 heterocycles. The fraction of sp³-hybridized carbons (Fsp3) is 0.200. The zero-order chi connectivity index (χ0) is 17.9. The van der Waals surface area contributed by atoms with Crippen LogP contribution in [0.3, 0.4) is 0 Å². The van der Waals surface area contributed by atoms with Gasteiger partial charge in [0.15, 0.2) is 6.79 Å². The Morgan fingerprint density at radius 2 is 1.96 bits per heavy atom. The van der Waals surface area contributed by atoms with E-state index in [-0.39, 0.29) is 6.79 Å². The fourth-order valence-electron chi connectivity index (χ4n) is 2.96. The summed E-state index contributed by atoms with van der Waals surface area (Å²) in [5.74, 6) is 2.36. The van der Waals surface area contributed by atoms with Crippen molar-refractivity contribution in [1.29, 1.82) is 0 Å². The van der Waals surface area contributed by atoms with Gasteiger partial charge in [0.2, 0.25) is 0 Å². The summed E-state index contributed by atoms with van der Waals surface area (Å²) in [6.45, 7) is 2.72. The third-order valence-corrected chi connectivity index (χ3v) is 5.03. The van der Waals surface area contributed by atoms with Crippen LogP contribution in [-0.4, -0.2) is 16.8 Å². The van der Waals surface area contributed by atoms with E-state index < -0.39 is 0 Å². The van der Waals surface area contributed by atoms with Crippen molar-refractivity contribution in [2.45, 2.75) is 24.3 Å². The van der Waals surface area contributed by atoms with Crippen LogP contribution in [0.25, 0.3) is 11.3 Å². The monoisotopic (exact) mass is 365 g/mol. The summed E-state index contributed by atoms with van der Waals surface area (Å²) < 4.78 is 11.0. The van der Waals surface area contributed by atoms with Gasteiger partial charge in [0, 0.05) is 28.1 Å². The molecule has 6 heteroatoms. The van der Waals surface area contributed by atoms with Crippen molar-refractivity contribution in [2.24, 2.45) is 0 Å². The van der Waals surface area contributed by atoms with Crippen molar-refractivity contribution in [3.05, 3.63) is 65.5 Å². The lowest BCUT2D eigenvalue weighted by Crippen LogP contribution is -2.13. The van der Waals surface area contributed by atoms with E-state index in [2.05, 4.69) is 22.1 Å². The molecule has 132 valence electrons. The molecule has 0 saturated carbocycles. The molecule has 0 radical (unpaired) electrons. The van der Waals surface area contributed by atoms with Gasteiger partial charge in [-0.25, -0.2) is 9.97 Å². The Hall–Kier alpha value is -2.57. The first-order valence-electron chi connectivity index (χ1n) is 8.35. The first kappa shape index (κ1) is 16.9. The minimum absolute atomic E-state index is 0.277. The molecule has 1 aliphatic rings. The number of hydrogen-bond donors (Lipinski definition) is 1. The van der Waals surface area contributed by atoms with Crippen LogP contribution in [0.1, 0.15) is 17.0 Å². The van der Waals surface area contributed by atoms with Gasteiger partial charge in [-0.1, -0.05) is 30.3 Å². The van der Waals surface area contributed by atoms with Gasteiger partial charge in [-0.3, -0.25) is 0 Å². The lowest BCUT2D eigenvalue weighted by molar-refractivity contribution is -0.0168. The van der Waals surface area contributed by atoms with Gasteiger partial charge in [0.1, 0.15) is 16.6 Å². The molecule has 0 fully saturated rings. The maximum Gasteiger partial charge on any atom is 0.189 e. The minimum Gasteiger partial charge on any atom is -0.467 e. The molecular formula is C20H19N3O2S. The Morgan fingerprint density at radius 3 is 2.81 bits per heavy atom. The molecule has 4 rings (SSSR count). The Bertz CT molecular complexity index is 932. The van der Waals surface area contributed by atoms with Crippen molar-refractivity contribution in [2.75, 3.05) is 12.5 Å². The van der Waals surface area contributed by atoms with Crippen LogP contribution in [0, 0.1) is 6.92 Å². The lowest BCUT2D eigenvalue weighted by Gasteiger charge is -2.21. The second-order valence-corrected chi connectivity index (χ2v) is 7.07. The van der Waals surface area contributed by atoms with Crippen molar-refractivity contribution in [3.8, 4) is 17.0 Å². The molecular weight excluding hydrogens is 346 g/mol. The summed E-state index contributed by atoms with van der Waals surface area (Å²) in [5.41, 5.74) is 10.8. The highest BCUT2D eigenvalue weighted by Crippen LogP contribution is 2.35. The van der Waals surface area contributed by atoms with Gasteiger partial charge in [-0.15, -0.1) is 11.8 Å².